The molecule has 0 bridgehead atoms. The van der Waals surface area contributed by atoms with Gasteiger partial charge >= 0.3 is 0 Å². The van der Waals surface area contributed by atoms with Gasteiger partial charge in [-0.2, -0.15) is 5.10 Å². The van der Waals surface area contributed by atoms with Gasteiger partial charge in [-0.05, 0) is 18.4 Å². The van der Waals surface area contributed by atoms with Gasteiger partial charge in [0.1, 0.15) is 4.90 Å². The van der Waals surface area contributed by atoms with Crippen LogP contribution in [0, 0.1) is 18.8 Å². The maximum Gasteiger partial charge on any atom is 0.244 e. The van der Waals surface area contributed by atoms with Crippen LogP contribution in [0.15, 0.2) is 22.5 Å². The second-order valence-corrected chi connectivity index (χ2v) is 6.95. The Bertz CT molecular complexity index is 766. The van der Waals surface area contributed by atoms with Crippen LogP contribution in [0.5, 0.6) is 0 Å². The summed E-state index contributed by atoms with van der Waals surface area (Å²) in [6.45, 7) is 1.84. The quantitative estimate of drug-likeness (QED) is 0.715. The molecule has 0 unspecified atom stereocenters. The van der Waals surface area contributed by atoms with E-state index in [2.05, 4.69) is 26.8 Å². The molecule has 0 aliphatic carbocycles. The number of thiophene rings is 1. The number of aromatic amines is 1. The summed E-state index contributed by atoms with van der Waals surface area (Å²) in [6.07, 6.45) is 1.68. The molecule has 21 heavy (non-hydrogen) atoms. The molecular formula is C13H15N3O3S2. The van der Waals surface area contributed by atoms with Crippen molar-refractivity contribution in [2.24, 2.45) is 0 Å². The number of aliphatic hydroxyl groups is 1. The molecule has 6 nitrogen and oxygen atoms in total. The van der Waals surface area contributed by atoms with E-state index in [1.54, 1.807) is 6.92 Å². The molecule has 112 valence electrons. The van der Waals surface area contributed by atoms with Crippen LogP contribution in [0.1, 0.15) is 22.6 Å². The monoisotopic (exact) mass is 325 g/mol. The Morgan fingerprint density at radius 1 is 1.52 bits per heavy atom. The third kappa shape index (κ3) is 3.92. The summed E-state index contributed by atoms with van der Waals surface area (Å²) >= 11 is 1.43. The molecular weight excluding hydrogens is 310 g/mol. The van der Waals surface area contributed by atoms with Gasteiger partial charge in [0.05, 0.1) is 18.5 Å². The Labute approximate surface area is 127 Å². The Balaban J connectivity index is 2.09. The minimum absolute atomic E-state index is 0.0128. The summed E-state index contributed by atoms with van der Waals surface area (Å²) in [5.74, 6) is 5.75. The number of aryl methyl sites for hydroxylation is 1. The van der Waals surface area contributed by atoms with Crippen molar-refractivity contribution in [1.82, 2.24) is 14.9 Å². The smallest absolute Gasteiger partial charge is 0.244 e. The molecule has 3 N–H and O–H groups in total. The van der Waals surface area contributed by atoms with Gasteiger partial charge in [-0.3, -0.25) is 5.10 Å². The highest BCUT2D eigenvalue weighted by Gasteiger charge is 2.18. The van der Waals surface area contributed by atoms with Crippen molar-refractivity contribution in [1.29, 1.82) is 0 Å². The molecule has 2 heterocycles. The fraction of sp³-hybridized carbons (Fsp3) is 0.308. The van der Waals surface area contributed by atoms with Crippen LogP contribution in [0.4, 0.5) is 0 Å². The summed E-state index contributed by atoms with van der Waals surface area (Å²) < 4.78 is 26.8. The van der Waals surface area contributed by atoms with Crippen molar-refractivity contribution >= 4 is 21.4 Å². The normalized spacial score (nSPS) is 11.1. The first-order valence-electron chi connectivity index (χ1n) is 6.20. The standard InChI is InChI=1S/C13H15N3O3S2/c1-10-13(9-14-16-10)21(18,19)15-8-12-11(5-7-20-12)4-2-3-6-17/h5,7,9,15,17H,3,6,8H2,1H3,(H,14,16). The number of nitrogens with zero attached hydrogens (tertiary/aromatic N) is 1. The Morgan fingerprint density at radius 2 is 2.33 bits per heavy atom. The van der Waals surface area contributed by atoms with Crippen LogP contribution < -0.4 is 4.72 Å². The van der Waals surface area contributed by atoms with Crippen molar-refractivity contribution in [3.05, 3.63) is 33.8 Å². The molecule has 2 rings (SSSR count). The van der Waals surface area contributed by atoms with Gasteiger partial charge in [-0.1, -0.05) is 11.8 Å². The molecule has 0 saturated heterocycles. The fourth-order valence-electron chi connectivity index (χ4n) is 1.65. The van der Waals surface area contributed by atoms with Gasteiger partial charge < -0.3 is 5.11 Å². The molecule has 0 aromatic carbocycles. The number of aromatic nitrogens is 2. The Morgan fingerprint density at radius 3 is 3.00 bits per heavy atom. The zero-order valence-electron chi connectivity index (χ0n) is 11.4. The predicted octanol–water partition coefficient (Wildman–Crippen LogP) is 0.992. The van der Waals surface area contributed by atoms with E-state index in [0.29, 0.717) is 12.1 Å². The number of rotatable bonds is 5. The van der Waals surface area contributed by atoms with E-state index in [1.165, 1.54) is 17.5 Å². The summed E-state index contributed by atoms with van der Waals surface area (Å²) in [6, 6.07) is 1.84. The largest absolute Gasteiger partial charge is 0.395 e. The predicted molar refractivity (Wildman–Crippen MR) is 80.3 cm³/mol. The van der Waals surface area contributed by atoms with E-state index < -0.39 is 10.0 Å². The van der Waals surface area contributed by atoms with Gasteiger partial charge in [0.15, 0.2) is 0 Å². The SMILES string of the molecule is Cc1[nH]ncc1S(=O)(=O)NCc1sccc1C#CCCO. The second kappa shape index (κ2) is 6.87. The van der Waals surface area contributed by atoms with E-state index in [4.69, 9.17) is 5.11 Å². The van der Waals surface area contributed by atoms with E-state index in [1.807, 2.05) is 11.4 Å². The topological polar surface area (TPSA) is 95.1 Å². The van der Waals surface area contributed by atoms with Crippen molar-refractivity contribution in [3.63, 3.8) is 0 Å². The number of H-pyrrole nitrogens is 1. The lowest BCUT2D eigenvalue weighted by Gasteiger charge is -2.04. The number of sulfonamides is 1. The molecule has 2 aromatic heterocycles. The van der Waals surface area contributed by atoms with Crippen molar-refractivity contribution in [3.8, 4) is 11.8 Å². The first-order chi connectivity index (χ1) is 10.0. The van der Waals surface area contributed by atoms with Crippen molar-refractivity contribution in [2.45, 2.75) is 24.8 Å². The summed E-state index contributed by atoms with van der Waals surface area (Å²) in [5, 5.41) is 16.9. The van der Waals surface area contributed by atoms with Crippen molar-refractivity contribution < 1.29 is 13.5 Å². The van der Waals surface area contributed by atoms with Gasteiger partial charge in [0.25, 0.3) is 0 Å². The van der Waals surface area contributed by atoms with Gasteiger partial charge in [0, 0.05) is 23.4 Å². The van der Waals surface area contributed by atoms with Gasteiger partial charge in [-0.25, -0.2) is 13.1 Å². The molecule has 0 aliphatic heterocycles. The zero-order valence-corrected chi connectivity index (χ0v) is 13.0. The van der Waals surface area contributed by atoms with Crippen LogP contribution in [-0.2, 0) is 16.6 Å². The molecule has 0 spiro atoms. The van der Waals surface area contributed by atoms with Crippen LogP contribution in [-0.4, -0.2) is 30.3 Å². The first kappa shape index (κ1) is 15.7. The number of hydrogen-bond donors (Lipinski definition) is 3. The molecule has 0 aliphatic rings. The maximum atomic E-state index is 12.1. The lowest BCUT2D eigenvalue weighted by Crippen LogP contribution is -2.23. The average Bonchev–Trinajstić information content (AvgIpc) is 3.06. The third-order valence-corrected chi connectivity index (χ3v) is 5.14. The van der Waals surface area contributed by atoms with Crippen LogP contribution in [0.25, 0.3) is 0 Å². The van der Waals surface area contributed by atoms with E-state index in [9.17, 15) is 8.42 Å². The van der Waals surface area contributed by atoms with Crippen molar-refractivity contribution in [2.75, 3.05) is 6.61 Å². The molecule has 0 amide bonds. The second-order valence-electron chi connectivity index (χ2n) is 4.22. The third-order valence-electron chi connectivity index (χ3n) is 2.70. The van der Waals surface area contributed by atoms with Crippen LogP contribution >= 0.6 is 11.3 Å². The summed E-state index contributed by atoms with van der Waals surface area (Å²) in [5.41, 5.74) is 1.27. The molecule has 2 aromatic rings. The number of aliphatic hydroxyl groups excluding tert-OH is 1. The first-order valence-corrected chi connectivity index (χ1v) is 8.56. The minimum Gasteiger partial charge on any atom is -0.395 e. The minimum atomic E-state index is -3.59. The van der Waals surface area contributed by atoms with Gasteiger partial charge in [0.2, 0.25) is 10.0 Å². The highest BCUT2D eigenvalue weighted by Crippen LogP contribution is 2.17. The van der Waals surface area contributed by atoms with Gasteiger partial charge in [-0.15, -0.1) is 11.3 Å². The Kier molecular flexibility index (Phi) is 5.14. The molecule has 0 radical (unpaired) electrons. The Hall–Kier alpha value is -1.66. The molecule has 8 heteroatoms. The van der Waals surface area contributed by atoms with E-state index in [0.717, 1.165) is 10.4 Å². The maximum absolute atomic E-state index is 12.1. The molecule has 0 fully saturated rings. The lowest BCUT2D eigenvalue weighted by atomic mass is 10.2. The fourth-order valence-corrected chi connectivity index (χ4v) is 3.64. The molecule has 0 atom stereocenters. The number of nitrogens with one attached hydrogen (secondary N) is 2. The van der Waals surface area contributed by atoms with E-state index in [-0.39, 0.29) is 18.0 Å². The highest BCUT2D eigenvalue weighted by molar-refractivity contribution is 7.89. The van der Waals surface area contributed by atoms with Crippen LogP contribution in [0.2, 0.25) is 0 Å². The molecule has 0 saturated carbocycles. The summed E-state index contributed by atoms with van der Waals surface area (Å²) in [7, 11) is -3.59. The van der Waals surface area contributed by atoms with E-state index >= 15 is 0 Å². The lowest BCUT2D eigenvalue weighted by molar-refractivity contribution is 0.305. The highest BCUT2D eigenvalue weighted by atomic mass is 32.2. The summed E-state index contributed by atoms with van der Waals surface area (Å²) in [4.78, 5) is 0.983. The van der Waals surface area contributed by atoms with Crippen LogP contribution in [0.3, 0.4) is 0 Å². The number of hydrogen-bond acceptors (Lipinski definition) is 5. The average molecular weight is 325 g/mol. The zero-order chi connectivity index (χ0) is 15.3.